The molecule has 0 radical (unpaired) electrons. The molecule has 0 spiro atoms. The summed E-state index contributed by atoms with van der Waals surface area (Å²) >= 11 is 0. The number of hydrogen-bond acceptors (Lipinski definition) is 7. The third-order valence-corrected chi connectivity index (χ3v) is 7.45. The number of nitrogens with one attached hydrogen (secondary N) is 1. The summed E-state index contributed by atoms with van der Waals surface area (Å²) in [7, 11) is -4.33. The summed E-state index contributed by atoms with van der Waals surface area (Å²) in [5.41, 5.74) is -0.356. The fourth-order valence-electron chi connectivity index (χ4n) is 3.75. The van der Waals surface area contributed by atoms with E-state index in [2.05, 4.69) is 5.32 Å². The van der Waals surface area contributed by atoms with Crippen LogP contribution >= 0.6 is 0 Å². The molecule has 2 aromatic carbocycles. The van der Waals surface area contributed by atoms with Crippen LogP contribution in [0.5, 0.6) is 0 Å². The molecule has 1 amide bonds. The SMILES string of the molecule is CC(C)(CCC#N)CN(C[C@H](O)[C@H](Cc1ccccc1)NC(=O)O)S(=O)(=O)c1cccc([N+](=O)[O-])c1. The smallest absolute Gasteiger partial charge is 0.404 e. The van der Waals surface area contributed by atoms with Gasteiger partial charge in [-0.1, -0.05) is 50.2 Å². The van der Waals surface area contributed by atoms with Crippen molar-refractivity contribution in [1.82, 2.24) is 9.62 Å². The normalized spacial score (nSPS) is 13.5. The second kappa shape index (κ2) is 12.4. The zero-order valence-corrected chi connectivity index (χ0v) is 20.9. The average Bonchev–Trinajstić information content (AvgIpc) is 2.82. The van der Waals surface area contributed by atoms with Crippen molar-refractivity contribution in [2.45, 2.75) is 50.2 Å². The van der Waals surface area contributed by atoms with Gasteiger partial charge in [0.25, 0.3) is 5.69 Å². The van der Waals surface area contributed by atoms with Crippen LogP contribution in [0, 0.1) is 26.9 Å². The molecular weight excluding hydrogens is 488 g/mol. The molecule has 0 unspecified atom stereocenters. The molecule has 0 fully saturated rings. The quantitative estimate of drug-likeness (QED) is 0.268. The third-order valence-electron chi connectivity index (χ3n) is 5.65. The maximum Gasteiger partial charge on any atom is 0.404 e. The maximum absolute atomic E-state index is 13.6. The first-order valence-corrected chi connectivity index (χ1v) is 12.6. The first-order chi connectivity index (χ1) is 16.9. The van der Waals surface area contributed by atoms with Gasteiger partial charge < -0.3 is 15.5 Å². The van der Waals surface area contributed by atoms with Crippen molar-refractivity contribution in [2.75, 3.05) is 13.1 Å². The Morgan fingerprint density at radius 2 is 1.89 bits per heavy atom. The average molecular weight is 519 g/mol. The molecule has 0 aliphatic heterocycles. The van der Waals surface area contributed by atoms with Crippen LogP contribution in [0.4, 0.5) is 10.5 Å². The van der Waals surface area contributed by atoms with Gasteiger partial charge in [0.2, 0.25) is 10.0 Å². The van der Waals surface area contributed by atoms with Gasteiger partial charge in [0, 0.05) is 31.6 Å². The molecule has 0 bridgehead atoms. The number of carbonyl (C=O) groups is 1. The first-order valence-electron chi connectivity index (χ1n) is 11.2. The van der Waals surface area contributed by atoms with Crippen molar-refractivity contribution in [3.05, 3.63) is 70.3 Å². The number of nitrogens with zero attached hydrogens (tertiary/aromatic N) is 3. The summed E-state index contributed by atoms with van der Waals surface area (Å²) < 4.78 is 28.2. The molecule has 0 aliphatic carbocycles. The second-order valence-electron chi connectivity index (χ2n) is 9.19. The van der Waals surface area contributed by atoms with Gasteiger partial charge in [-0.15, -0.1) is 0 Å². The van der Waals surface area contributed by atoms with Gasteiger partial charge in [0.1, 0.15) is 0 Å². The minimum atomic E-state index is -4.33. The number of aliphatic hydroxyl groups is 1. The highest BCUT2D eigenvalue weighted by Crippen LogP contribution is 2.29. The second-order valence-corrected chi connectivity index (χ2v) is 11.1. The highest BCUT2D eigenvalue weighted by atomic mass is 32.2. The molecule has 0 saturated heterocycles. The Hall–Kier alpha value is -3.53. The molecule has 36 heavy (non-hydrogen) atoms. The van der Waals surface area contributed by atoms with Crippen molar-refractivity contribution >= 4 is 21.8 Å². The zero-order valence-electron chi connectivity index (χ0n) is 20.1. The first kappa shape index (κ1) is 28.7. The van der Waals surface area contributed by atoms with Gasteiger partial charge in [0.05, 0.1) is 28.0 Å². The van der Waals surface area contributed by atoms with Crippen molar-refractivity contribution in [3.8, 4) is 6.07 Å². The Morgan fingerprint density at radius 1 is 1.22 bits per heavy atom. The van der Waals surface area contributed by atoms with E-state index in [1.807, 2.05) is 6.07 Å². The van der Waals surface area contributed by atoms with Crippen LogP contribution in [0.15, 0.2) is 59.5 Å². The Labute approximate surface area is 210 Å². The topological polar surface area (TPSA) is 174 Å². The highest BCUT2D eigenvalue weighted by Gasteiger charge is 2.35. The van der Waals surface area contributed by atoms with E-state index < -0.39 is 50.8 Å². The number of non-ortho nitro benzene ring substituents is 1. The predicted molar refractivity (Wildman–Crippen MR) is 132 cm³/mol. The summed E-state index contributed by atoms with van der Waals surface area (Å²) in [6.45, 7) is 2.95. The summed E-state index contributed by atoms with van der Waals surface area (Å²) in [5.74, 6) is 0. The van der Waals surface area contributed by atoms with Gasteiger partial charge >= 0.3 is 6.09 Å². The predicted octanol–water partition coefficient (Wildman–Crippen LogP) is 3.16. The van der Waals surface area contributed by atoms with Crippen molar-refractivity contribution in [2.24, 2.45) is 5.41 Å². The standard InChI is InChI=1S/C24H30N4O7S/c1-24(2,12-7-13-25)17-27(36(34,35)20-11-6-10-19(15-20)28(32)33)16-22(29)21(26-23(30)31)14-18-8-4-3-5-9-18/h3-6,8-11,15,21-22,26,29H,7,12,14,16-17H2,1-2H3,(H,30,31)/t21-,22-/m0/s1. The van der Waals surface area contributed by atoms with Crippen LogP contribution in [-0.2, 0) is 16.4 Å². The highest BCUT2D eigenvalue weighted by molar-refractivity contribution is 7.89. The molecule has 194 valence electrons. The molecule has 11 nitrogen and oxygen atoms in total. The fraction of sp³-hybridized carbons (Fsp3) is 0.417. The number of amides is 1. The maximum atomic E-state index is 13.6. The van der Waals surface area contributed by atoms with Crippen molar-refractivity contribution < 1.29 is 28.3 Å². The lowest BCUT2D eigenvalue weighted by Crippen LogP contribution is -2.51. The Bertz CT molecular complexity index is 1200. The van der Waals surface area contributed by atoms with E-state index >= 15 is 0 Å². The fourth-order valence-corrected chi connectivity index (χ4v) is 5.44. The van der Waals surface area contributed by atoms with Crippen LogP contribution in [0.3, 0.4) is 0 Å². The van der Waals surface area contributed by atoms with Crippen molar-refractivity contribution in [3.63, 3.8) is 0 Å². The van der Waals surface area contributed by atoms with E-state index in [1.165, 1.54) is 18.2 Å². The largest absolute Gasteiger partial charge is 0.465 e. The summed E-state index contributed by atoms with van der Waals surface area (Å²) in [4.78, 5) is 21.6. The lowest BCUT2D eigenvalue weighted by molar-refractivity contribution is -0.385. The number of nitro groups is 1. The van der Waals surface area contributed by atoms with E-state index in [1.54, 1.807) is 44.2 Å². The summed E-state index contributed by atoms with van der Waals surface area (Å²) in [5, 5.41) is 42.8. The minimum absolute atomic E-state index is 0.108. The van der Waals surface area contributed by atoms with Crippen LogP contribution in [0.25, 0.3) is 0 Å². The molecule has 3 N–H and O–H groups in total. The lowest BCUT2D eigenvalue weighted by atomic mass is 9.88. The van der Waals surface area contributed by atoms with Crippen LogP contribution in [-0.4, -0.2) is 59.2 Å². The lowest BCUT2D eigenvalue weighted by Gasteiger charge is -2.34. The molecule has 0 saturated carbocycles. The minimum Gasteiger partial charge on any atom is -0.465 e. The molecule has 0 aromatic heterocycles. The molecule has 0 aliphatic rings. The van der Waals surface area contributed by atoms with Crippen LogP contribution in [0.1, 0.15) is 32.3 Å². The van der Waals surface area contributed by atoms with Gasteiger partial charge in [-0.25, -0.2) is 13.2 Å². The van der Waals surface area contributed by atoms with E-state index in [0.29, 0.717) is 6.42 Å². The number of hydrogen-bond donors (Lipinski definition) is 3. The number of sulfonamides is 1. The monoisotopic (exact) mass is 518 g/mol. The van der Waals surface area contributed by atoms with Crippen molar-refractivity contribution in [1.29, 1.82) is 5.26 Å². The number of nitro benzene ring substituents is 1. The molecule has 0 heterocycles. The van der Waals surface area contributed by atoms with Crippen LogP contribution in [0.2, 0.25) is 0 Å². The van der Waals surface area contributed by atoms with Gasteiger partial charge in [-0.2, -0.15) is 9.57 Å². The molecule has 2 aromatic rings. The number of benzene rings is 2. The molecular formula is C24H30N4O7S. The number of rotatable bonds is 13. The molecule has 2 rings (SSSR count). The van der Waals surface area contributed by atoms with Crippen LogP contribution < -0.4 is 5.32 Å². The molecule has 12 heteroatoms. The summed E-state index contributed by atoms with van der Waals surface area (Å²) in [6, 6.07) is 14.4. The Morgan fingerprint density at radius 3 is 2.47 bits per heavy atom. The van der Waals surface area contributed by atoms with E-state index in [4.69, 9.17) is 5.26 Å². The van der Waals surface area contributed by atoms with E-state index in [9.17, 15) is 33.5 Å². The Balaban J connectivity index is 2.43. The zero-order chi connectivity index (χ0) is 26.9. The van der Waals surface area contributed by atoms with Gasteiger partial charge in [-0.3, -0.25) is 10.1 Å². The molecule has 2 atom stereocenters. The Kier molecular flexibility index (Phi) is 9.92. The van der Waals surface area contributed by atoms with E-state index in [0.717, 1.165) is 15.9 Å². The summed E-state index contributed by atoms with van der Waals surface area (Å²) in [6.07, 6.45) is -2.17. The number of nitriles is 1. The number of carboxylic acid groups (broad SMARTS) is 1. The third kappa shape index (κ3) is 8.30. The van der Waals surface area contributed by atoms with Gasteiger partial charge in [-0.05, 0) is 29.9 Å². The van der Waals surface area contributed by atoms with E-state index in [-0.39, 0.29) is 24.3 Å². The number of aliphatic hydroxyl groups excluding tert-OH is 1. The van der Waals surface area contributed by atoms with Gasteiger partial charge in [0.15, 0.2) is 0 Å².